The molecule has 10 heteroatoms. The van der Waals surface area contributed by atoms with Gasteiger partial charge in [-0.3, -0.25) is 4.79 Å². The largest absolute Gasteiger partial charge is 0.573 e. The second kappa shape index (κ2) is 7.67. The van der Waals surface area contributed by atoms with Crippen LogP contribution in [0.25, 0.3) is 0 Å². The molecule has 1 N–H and O–H groups in total. The van der Waals surface area contributed by atoms with Crippen LogP contribution >= 0.6 is 11.3 Å². The van der Waals surface area contributed by atoms with Crippen LogP contribution in [0.1, 0.15) is 15.9 Å². The highest BCUT2D eigenvalue weighted by Gasteiger charge is 2.31. The number of thiophene rings is 1. The van der Waals surface area contributed by atoms with Crippen LogP contribution in [-0.2, 0) is 9.53 Å². The molecule has 0 saturated heterocycles. The molecule has 0 bridgehead atoms. The van der Waals surface area contributed by atoms with E-state index in [1.54, 1.807) is 5.38 Å². The molecule has 0 atom stereocenters. The molecule has 130 valence electrons. The average molecular weight is 370 g/mol. The second-order valence-electron chi connectivity index (χ2n) is 4.47. The van der Waals surface area contributed by atoms with Crippen molar-refractivity contribution >= 4 is 28.2 Å². The minimum Gasteiger partial charge on any atom is -0.452 e. The monoisotopic (exact) mass is 370 g/mol. The lowest BCUT2D eigenvalue weighted by molar-refractivity contribution is -0.274. The van der Waals surface area contributed by atoms with Crippen LogP contribution in [0.15, 0.2) is 35.7 Å². The third kappa shape index (κ3) is 5.50. The standard InChI is InChI=1S/C15H9F3N2O4S/c16-15(17,18)24-11-3-1-9(2-4-11)14(22)23-8-12(21)20-13-10(7-19)5-6-25-13/h1-6H,8H2,(H,20,21). The SMILES string of the molecule is N#Cc1ccsc1NC(=O)COC(=O)c1ccc(OC(F)(F)F)cc1. The summed E-state index contributed by atoms with van der Waals surface area (Å²) in [5, 5.41) is 13.2. The summed E-state index contributed by atoms with van der Waals surface area (Å²) in [6, 6.07) is 7.48. The molecule has 0 aliphatic rings. The van der Waals surface area contributed by atoms with E-state index in [4.69, 9.17) is 10.00 Å². The zero-order valence-electron chi connectivity index (χ0n) is 12.3. The number of anilines is 1. The zero-order valence-corrected chi connectivity index (χ0v) is 13.1. The molecule has 2 aromatic rings. The maximum atomic E-state index is 12.0. The topological polar surface area (TPSA) is 88.4 Å². The number of ether oxygens (including phenoxy) is 2. The fraction of sp³-hybridized carbons (Fsp3) is 0.133. The summed E-state index contributed by atoms with van der Waals surface area (Å²) < 4.78 is 44.6. The molecule has 6 nitrogen and oxygen atoms in total. The molecule has 1 heterocycles. The number of benzene rings is 1. The molecule has 0 fully saturated rings. The Morgan fingerprint density at radius 1 is 1.20 bits per heavy atom. The van der Waals surface area contributed by atoms with Crippen molar-refractivity contribution in [1.29, 1.82) is 5.26 Å². The Morgan fingerprint density at radius 3 is 2.48 bits per heavy atom. The number of rotatable bonds is 5. The summed E-state index contributed by atoms with van der Waals surface area (Å²) in [6.45, 7) is -0.609. The summed E-state index contributed by atoms with van der Waals surface area (Å²) in [6.07, 6.45) is -4.83. The van der Waals surface area contributed by atoms with E-state index in [0.29, 0.717) is 5.00 Å². The summed E-state index contributed by atoms with van der Waals surface area (Å²) >= 11 is 1.14. The number of nitrogens with zero attached hydrogens (tertiary/aromatic N) is 1. The predicted molar refractivity (Wildman–Crippen MR) is 81.1 cm³/mol. The molecule has 1 aromatic carbocycles. The molecule has 0 spiro atoms. The van der Waals surface area contributed by atoms with Gasteiger partial charge in [0.05, 0.1) is 11.1 Å². The fourth-order valence-corrected chi connectivity index (χ4v) is 2.42. The molecular formula is C15H9F3N2O4S. The molecular weight excluding hydrogens is 361 g/mol. The van der Waals surface area contributed by atoms with E-state index in [-0.39, 0.29) is 11.1 Å². The van der Waals surface area contributed by atoms with Gasteiger partial charge in [-0.15, -0.1) is 24.5 Å². The van der Waals surface area contributed by atoms with E-state index in [1.807, 2.05) is 6.07 Å². The van der Waals surface area contributed by atoms with E-state index < -0.39 is 30.6 Å². The third-order valence-electron chi connectivity index (χ3n) is 2.70. The lowest BCUT2D eigenvalue weighted by atomic mass is 10.2. The quantitative estimate of drug-likeness (QED) is 0.816. The molecule has 1 aromatic heterocycles. The molecule has 1 amide bonds. The van der Waals surface area contributed by atoms with Crippen molar-refractivity contribution in [1.82, 2.24) is 0 Å². The summed E-state index contributed by atoms with van der Waals surface area (Å²) in [5.74, 6) is -2.02. The number of amides is 1. The minimum atomic E-state index is -4.83. The van der Waals surface area contributed by atoms with Crippen molar-refractivity contribution in [3.05, 3.63) is 46.8 Å². The van der Waals surface area contributed by atoms with Gasteiger partial charge in [-0.05, 0) is 35.7 Å². The van der Waals surface area contributed by atoms with Gasteiger partial charge in [0.2, 0.25) is 0 Å². The maximum absolute atomic E-state index is 12.0. The van der Waals surface area contributed by atoms with E-state index in [9.17, 15) is 22.8 Å². The number of carbonyl (C=O) groups is 2. The first-order valence-corrected chi connectivity index (χ1v) is 7.47. The van der Waals surface area contributed by atoms with E-state index >= 15 is 0 Å². The van der Waals surface area contributed by atoms with E-state index in [0.717, 1.165) is 35.6 Å². The van der Waals surface area contributed by atoms with E-state index in [1.165, 1.54) is 6.07 Å². The Bertz CT molecular complexity index is 809. The summed E-state index contributed by atoms with van der Waals surface area (Å²) in [7, 11) is 0. The normalized spacial score (nSPS) is 10.6. The van der Waals surface area contributed by atoms with Gasteiger partial charge in [0.15, 0.2) is 6.61 Å². The van der Waals surface area contributed by atoms with Gasteiger partial charge in [0.1, 0.15) is 16.8 Å². The number of carbonyl (C=O) groups excluding carboxylic acids is 2. The van der Waals surface area contributed by atoms with Gasteiger partial charge in [-0.1, -0.05) is 0 Å². The Kier molecular flexibility index (Phi) is 5.61. The van der Waals surface area contributed by atoms with Gasteiger partial charge in [0, 0.05) is 0 Å². The smallest absolute Gasteiger partial charge is 0.452 e. The molecule has 0 aliphatic heterocycles. The lowest BCUT2D eigenvalue weighted by Crippen LogP contribution is -2.21. The van der Waals surface area contributed by atoms with Crippen molar-refractivity contribution in [2.45, 2.75) is 6.36 Å². The highest BCUT2D eigenvalue weighted by Crippen LogP contribution is 2.23. The van der Waals surface area contributed by atoms with Gasteiger partial charge in [-0.2, -0.15) is 5.26 Å². The average Bonchev–Trinajstić information content (AvgIpc) is 2.99. The Balaban J connectivity index is 1.87. The molecule has 0 aliphatic carbocycles. The predicted octanol–water partition coefficient (Wildman–Crippen LogP) is 3.31. The van der Waals surface area contributed by atoms with Gasteiger partial charge in [0.25, 0.3) is 5.91 Å². The highest BCUT2D eigenvalue weighted by atomic mass is 32.1. The van der Waals surface area contributed by atoms with Crippen molar-refractivity contribution < 1.29 is 32.2 Å². The number of hydrogen-bond acceptors (Lipinski definition) is 6. The van der Waals surface area contributed by atoms with Crippen LogP contribution in [0.3, 0.4) is 0 Å². The molecule has 0 radical (unpaired) electrons. The van der Waals surface area contributed by atoms with Crippen molar-refractivity contribution in [2.24, 2.45) is 0 Å². The zero-order chi connectivity index (χ0) is 18.4. The summed E-state index contributed by atoms with van der Waals surface area (Å²) in [5.41, 5.74) is 0.237. The summed E-state index contributed by atoms with van der Waals surface area (Å²) in [4.78, 5) is 23.4. The highest BCUT2D eigenvalue weighted by molar-refractivity contribution is 7.14. The molecule has 25 heavy (non-hydrogen) atoms. The first-order valence-electron chi connectivity index (χ1n) is 6.59. The van der Waals surface area contributed by atoms with Crippen LogP contribution in [0, 0.1) is 11.3 Å². The Morgan fingerprint density at radius 2 is 1.88 bits per heavy atom. The van der Waals surface area contributed by atoms with Crippen LogP contribution in [-0.4, -0.2) is 24.8 Å². The number of alkyl halides is 3. The minimum absolute atomic E-state index is 0.0452. The fourth-order valence-electron chi connectivity index (χ4n) is 1.66. The van der Waals surface area contributed by atoms with Crippen LogP contribution in [0.4, 0.5) is 18.2 Å². The van der Waals surface area contributed by atoms with Gasteiger partial charge in [-0.25, -0.2) is 4.79 Å². The van der Waals surface area contributed by atoms with Crippen LogP contribution in [0.5, 0.6) is 5.75 Å². The molecule has 0 unspecified atom stereocenters. The number of hydrogen-bond donors (Lipinski definition) is 1. The molecule has 0 saturated carbocycles. The third-order valence-corrected chi connectivity index (χ3v) is 3.53. The Labute approximate surface area is 143 Å². The number of nitrogens with one attached hydrogen (secondary N) is 1. The maximum Gasteiger partial charge on any atom is 0.573 e. The first-order chi connectivity index (χ1) is 11.8. The van der Waals surface area contributed by atoms with Crippen molar-refractivity contribution in [3.8, 4) is 11.8 Å². The van der Waals surface area contributed by atoms with Gasteiger partial charge >= 0.3 is 12.3 Å². The molecule has 2 rings (SSSR count). The van der Waals surface area contributed by atoms with Crippen molar-refractivity contribution in [3.63, 3.8) is 0 Å². The van der Waals surface area contributed by atoms with Crippen LogP contribution < -0.4 is 10.1 Å². The lowest BCUT2D eigenvalue weighted by Gasteiger charge is -2.09. The van der Waals surface area contributed by atoms with Crippen LogP contribution in [0.2, 0.25) is 0 Å². The van der Waals surface area contributed by atoms with Crippen molar-refractivity contribution in [2.75, 3.05) is 11.9 Å². The number of nitriles is 1. The van der Waals surface area contributed by atoms with E-state index in [2.05, 4.69) is 10.1 Å². The number of esters is 1. The number of halogens is 3. The Hall–Kier alpha value is -3.06. The first kappa shape index (κ1) is 18.3. The second-order valence-corrected chi connectivity index (χ2v) is 5.39. The van der Waals surface area contributed by atoms with Gasteiger partial charge < -0.3 is 14.8 Å².